The number of benzene rings is 1. The number of nitrogens with zero attached hydrogens (tertiary/aromatic N) is 1. The quantitative estimate of drug-likeness (QED) is 0.809. The second-order valence-electron chi connectivity index (χ2n) is 4.04. The molecule has 0 heterocycles. The van der Waals surface area contributed by atoms with Gasteiger partial charge in [-0.2, -0.15) is 0 Å². The van der Waals surface area contributed by atoms with Gasteiger partial charge < -0.3 is 0 Å². The summed E-state index contributed by atoms with van der Waals surface area (Å²) in [6.07, 6.45) is 2.63. The predicted molar refractivity (Wildman–Crippen MR) is 63.2 cm³/mol. The van der Waals surface area contributed by atoms with Crippen molar-refractivity contribution < 1.29 is 4.39 Å². The van der Waals surface area contributed by atoms with Crippen LogP contribution in [0.4, 0.5) is 4.39 Å². The van der Waals surface area contributed by atoms with Gasteiger partial charge in [0.15, 0.2) is 0 Å². The van der Waals surface area contributed by atoms with Gasteiger partial charge in [-0.3, -0.25) is 4.90 Å². The zero-order valence-corrected chi connectivity index (χ0v) is 10.4. The Bertz CT molecular complexity index is 349. The Balaban J connectivity index is 2.05. The Hall–Kier alpha value is -0.410. The highest BCUT2D eigenvalue weighted by molar-refractivity contribution is 9.10. The Kier molecular flexibility index (Phi) is 3.42. The summed E-state index contributed by atoms with van der Waals surface area (Å²) in [7, 11) is 0. The molecule has 1 aromatic carbocycles. The topological polar surface area (TPSA) is 3.24 Å². The lowest BCUT2D eigenvalue weighted by Gasteiger charge is -2.19. The van der Waals surface area contributed by atoms with E-state index in [-0.39, 0.29) is 5.82 Å². The molecule has 1 nitrogen and oxygen atoms in total. The molecule has 2 rings (SSSR count). The Morgan fingerprint density at radius 1 is 1.47 bits per heavy atom. The average molecular weight is 272 g/mol. The molecule has 0 aliphatic heterocycles. The molecule has 0 N–H and O–H groups in total. The largest absolute Gasteiger partial charge is 0.296 e. The standard InChI is InChI=1S/C12H15BrFN/c1-2-15(10-4-5-10)8-9-3-6-12(14)11(13)7-9/h3,6-7,10H,2,4-5,8H2,1H3. The van der Waals surface area contributed by atoms with E-state index in [1.165, 1.54) is 24.5 Å². The maximum absolute atomic E-state index is 13.0. The summed E-state index contributed by atoms with van der Waals surface area (Å²) in [5.74, 6) is -0.187. The molecule has 0 unspecified atom stereocenters. The fraction of sp³-hybridized carbons (Fsp3) is 0.500. The smallest absolute Gasteiger partial charge is 0.137 e. The number of rotatable bonds is 4. The van der Waals surface area contributed by atoms with Gasteiger partial charge in [0.05, 0.1) is 4.47 Å². The van der Waals surface area contributed by atoms with Crippen molar-refractivity contribution in [3.8, 4) is 0 Å². The van der Waals surface area contributed by atoms with Crippen molar-refractivity contribution in [2.45, 2.75) is 32.4 Å². The molecular formula is C12H15BrFN. The molecule has 1 aromatic rings. The van der Waals surface area contributed by atoms with Crippen molar-refractivity contribution in [1.29, 1.82) is 0 Å². The van der Waals surface area contributed by atoms with Gasteiger partial charge in [0.1, 0.15) is 5.82 Å². The van der Waals surface area contributed by atoms with E-state index in [1.807, 2.05) is 12.1 Å². The van der Waals surface area contributed by atoms with E-state index in [0.717, 1.165) is 19.1 Å². The monoisotopic (exact) mass is 271 g/mol. The number of hydrogen-bond donors (Lipinski definition) is 0. The van der Waals surface area contributed by atoms with Crippen molar-refractivity contribution >= 4 is 15.9 Å². The first-order valence-electron chi connectivity index (χ1n) is 5.38. The molecule has 0 aromatic heterocycles. The van der Waals surface area contributed by atoms with Crippen LogP contribution >= 0.6 is 15.9 Å². The second-order valence-corrected chi connectivity index (χ2v) is 4.90. The normalized spacial score (nSPS) is 16.0. The van der Waals surface area contributed by atoms with Crippen molar-refractivity contribution in [3.63, 3.8) is 0 Å². The fourth-order valence-electron chi connectivity index (χ4n) is 1.81. The maximum atomic E-state index is 13.0. The van der Waals surface area contributed by atoms with E-state index >= 15 is 0 Å². The van der Waals surface area contributed by atoms with Crippen LogP contribution < -0.4 is 0 Å². The second kappa shape index (κ2) is 4.62. The Morgan fingerprint density at radius 2 is 2.20 bits per heavy atom. The first-order valence-corrected chi connectivity index (χ1v) is 6.18. The lowest BCUT2D eigenvalue weighted by molar-refractivity contribution is 0.269. The highest BCUT2D eigenvalue weighted by atomic mass is 79.9. The highest BCUT2D eigenvalue weighted by Gasteiger charge is 2.27. The van der Waals surface area contributed by atoms with Crippen LogP contribution in [-0.4, -0.2) is 17.5 Å². The fourth-order valence-corrected chi connectivity index (χ4v) is 2.24. The summed E-state index contributed by atoms with van der Waals surface area (Å²) in [4.78, 5) is 2.44. The van der Waals surface area contributed by atoms with Crippen LogP contribution in [0, 0.1) is 5.82 Å². The minimum Gasteiger partial charge on any atom is -0.296 e. The van der Waals surface area contributed by atoms with Crippen molar-refractivity contribution in [1.82, 2.24) is 4.90 Å². The zero-order chi connectivity index (χ0) is 10.8. The number of hydrogen-bond acceptors (Lipinski definition) is 1. The van der Waals surface area contributed by atoms with Crippen LogP contribution in [0.5, 0.6) is 0 Å². The van der Waals surface area contributed by atoms with Gasteiger partial charge in [-0.15, -0.1) is 0 Å². The van der Waals surface area contributed by atoms with E-state index in [1.54, 1.807) is 0 Å². The van der Waals surface area contributed by atoms with Gasteiger partial charge in [-0.05, 0) is 53.0 Å². The lowest BCUT2D eigenvalue weighted by atomic mass is 10.2. The van der Waals surface area contributed by atoms with Gasteiger partial charge in [-0.1, -0.05) is 13.0 Å². The molecule has 0 spiro atoms. The Labute approximate surface area is 98.4 Å². The molecule has 1 aliphatic rings. The molecule has 0 atom stereocenters. The van der Waals surface area contributed by atoms with Crippen molar-refractivity contribution in [2.75, 3.05) is 6.54 Å². The molecule has 1 saturated carbocycles. The minimum atomic E-state index is -0.187. The molecule has 82 valence electrons. The third kappa shape index (κ3) is 2.79. The van der Waals surface area contributed by atoms with Crippen LogP contribution in [0.15, 0.2) is 22.7 Å². The van der Waals surface area contributed by atoms with E-state index in [9.17, 15) is 4.39 Å². The van der Waals surface area contributed by atoms with Crippen LogP contribution in [0.3, 0.4) is 0 Å². The third-order valence-corrected chi connectivity index (χ3v) is 3.45. The van der Waals surface area contributed by atoms with E-state index in [0.29, 0.717) is 4.47 Å². The summed E-state index contributed by atoms with van der Waals surface area (Å²) in [5, 5.41) is 0. The first-order chi connectivity index (χ1) is 7.20. The zero-order valence-electron chi connectivity index (χ0n) is 8.84. The van der Waals surface area contributed by atoms with E-state index in [2.05, 4.69) is 27.8 Å². The summed E-state index contributed by atoms with van der Waals surface area (Å²) in [6, 6.07) is 6.03. The van der Waals surface area contributed by atoms with Gasteiger partial charge in [0, 0.05) is 12.6 Å². The van der Waals surface area contributed by atoms with Gasteiger partial charge in [0.25, 0.3) is 0 Å². The van der Waals surface area contributed by atoms with Gasteiger partial charge in [-0.25, -0.2) is 4.39 Å². The van der Waals surface area contributed by atoms with Crippen LogP contribution in [0.25, 0.3) is 0 Å². The molecule has 0 saturated heterocycles. The highest BCUT2D eigenvalue weighted by Crippen LogP contribution is 2.28. The SMILES string of the molecule is CCN(Cc1ccc(F)c(Br)c1)C1CC1. The van der Waals surface area contributed by atoms with E-state index < -0.39 is 0 Å². The lowest BCUT2D eigenvalue weighted by Crippen LogP contribution is -2.24. The van der Waals surface area contributed by atoms with Crippen molar-refractivity contribution in [3.05, 3.63) is 34.1 Å². The summed E-state index contributed by atoms with van der Waals surface area (Å²) in [6.45, 7) is 4.18. The van der Waals surface area contributed by atoms with Crippen LogP contribution in [0.1, 0.15) is 25.3 Å². The Morgan fingerprint density at radius 3 is 2.73 bits per heavy atom. The molecule has 1 fully saturated rings. The first kappa shape index (κ1) is 11.1. The minimum absolute atomic E-state index is 0.187. The number of halogens is 2. The van der Waals surface area contributed by atoms with E-state index in [4.69, 9.17) is 0 Å². The molecule has 15 heavy (non-hydrogen) atoms. The molecule has 1 aliphatic carbocycles. The average Bonchev–Trinajstić information content (AvgIpc) is 3.03. The molecular weight excluding hydrogens is 257 g/mol. The van der Waals surface area contributed by atoms with Gasteiger partial charge >= 0.3 is 0 Å². The summed E-state index contributed by atoms with van der Waals surface area (Å²) < 4.78 is 13.6. The maximum Gasteiger partial charge on any atom is 0.137 e. The molecule has 0 amide bonds. The summed E-state index contributed by atoms with van der Waals surface area (Å²) in [5.41, 5.74) is 1.18. The molecule has 3 heteroatoms. The predicted octanol–water partition coefficient (Wildman–Crippen LogP) is 3.57. The molecule has 0 bridgehead atoms. The van der Waals surface area contributed by atoms with Crippen LogP contribution in [0.2, 0.25) is 0 Å². The van der Waals surface area contributed by atoms with Crippen molar-refractivity contribution in [2.24, 2.45) is 0 Å². The third-order valence-electron chi connectivity index (χ3n) is 2.84. The summed E-state index contributed by atoms with van der Waals surface area (Å²) >= 11 is 3.22. The van der Waals surface area contributed by atoms with Crippen LogP contribution in [-0.2, 0) is 6.54 Å². The van der Waals surface area contributed by atoms with Gasteiger partial charge in [0.2, 0.25) is 0 Å². The molecule has 0 radical (unpaired) electrons.